The van der Waals surface area contributed by atoms with Crippen LogP contribution in [0.4, 0.5) is 0 Å². The Morgan fingerprint density at radius 3 is 2.62 bits per heavy atom. The summed E-state index contributed by atoms with van der Waals surface area (Å²) in [6.45, 7) is 8.11. The first-order chi connectivity index (χ1) is 11.6. The number of hydrogen-bond donors (Lipinski definition) is 0. The van der Waals surface area contributed by atoms with Gasteiger partial charge in [-0.15, -0.1) is 0 Å². The second-order valence-electron chi connectivity index (χ2n) is 9.94. The minimum atomic E-state index is 0.489. The second-order valence-corrected chi connectivity index (χ2v) is 9.94. The van der Waals surface area contributed by atoms with Crippen LogP contribution in [0.2, 0.25) is 0 Å². The van der Waals surface area contributed by atoms with Gasteiger partial charge >= 0.3 is 0 Å². The van der Waals surface area contributed by atoms with Gasteiger partial charge in [-0.1, -0.05) is 39.3 Å². The molecule has 134 valence electrons. The Morgan fingerprint density at radius 2 is 1.83 bits per heavy atom. The molecule has 4 fully saturated rings. The first-order valence-electron chi connectivity index (χ1n) is 10.6. The van der Waals surface area contributed by atoms with Crippen molar-refractivity contribution < 1.29 is 9.47 Å². The lowest BCUT2D eigenvalue weighted by Crippen LogP contribution is -2.40. The van der Waals surface area contributed by atoms with E-state index in [0.29, 0.717) is 24.2 Å². The molecule has 0 amide bonds. The molecule has 24 heavy (non-hydrogen) atoms. The molecule has 0 aromatic rings. The molecule has 2 saturated carbocycles. The van der Waals surface area contributed by atoms with Gasteiger partial charge in [0.25, 0.3) is 0 Å². The Labute approximate surface area is 147 Å². The molecule has 10 atom stereocenters. The van der Waals surface area contributed by atoms with E-state index in [2.05, 4.69) is 32.9 Å². The number of hydrogen-bond acceptors (Lipinski definition) is 2. The molecule has 0 spiro atoms. The monoisotopic (exact) mass is 330 g/mol. The topological polar surface area (TPSA) is 18.5 Å². The summed E-state index contributed by atoms with van der Waals surface area (Å²) in [5.41, 5.74) is 0. The Bertz CT molecular complexity index is 512. The SMILES string of the molecule is CC1CCC(C(C)C)C(OCC2CC3OC2C2C4C=CC(C4)C32)C1. The second kappa shape index (κ2) is 5.84. The highest BCUT2D eigenvalue weighted by atomic mass is 16.5. The molecule has 2 nitrogen and oxygen atoms in total. The molecule has 0 radical (unpaired) electrons. The van der Waals surface area contributed by atoms with Crippen molar-refractivity contribution in [3.05, 3.63) is 12.2 Å². The van der Waals surface area contributed by atoms with Gasteiger partial charge in [-0.3, -0.25) is 0 Å². The van der Waals surface area contributed by atoms with Crippen LogP contribution in [0.3, 0.4) is 0 Å². The van der Waals surface area contributed by atoms with Crippen LogP contribution in [-0.4, -0.2) is 24.9 Å². The van der Waals surface area contributed by atoms with Gasteiger partial charge in [0.1, 0.15) is 0 Å². The fourth-order valence-electron chi connectivity index (χ4n) is 7.06. The molecule has 0 N–H and O–H groups in total. The van der Waals surface area contributed by atoms with Crippen LogP contribution in [-0.2, 0) is 9.47 Å². The zero-order valence-corrected chi connectivity index (χ0v) is 15.6. The summed E-state index contributed by atoms with van der Waals surface area (Å²) in [5.74, 6) is 6.32. The molecule has 2 heterocycles. The Morgan fingerprint density at radius 1 is 1.04 bits per heavy atom. The average Bonchev–Trinajstić information content (AvgIpc) is 3.30. The van der Waals surface area contributed by atoms with E-state index in [1.54, 1.807) is 0 Å². The van der Waals surface area contributed by atoms with Crippen LogP contribution in [0, 0.1) is 47.3 Å². The number of ether oxygens (including phenoxy) is 2. The summed E-state index contributed by atoms with van der Waals surface area (Å²) in [7, 11) is 0. The van der Waals surface area contributed by atoms with Crippen molar-refractivity contribution in [3.8, 4) is 0 Å². The highest BCUT2D eigenvalue weighted by Crippen LogP contribution is 2.61. The van der Waals surface area contributed by atoms with Crippen molar-refractivity contribution in [3.63, 3.8) is 0 Å². The summed E-state index contributed by atoms with van der Waals surface area (Å²) in [4.78, 5) is 0. The van der Waals surface area contributed by atoms with Crippen molar-refractivity contribution in [1.29, 1.82) is 0 Å². The molecule has 5 rings (SSSR count). The maximum atomic E-state index is 6.59. The Balaban J connectivity index is 1.23. The summed E-state index contributed by atoms with van der Waals surface area (Å²) < 4.78 is 13.0. The van der Waals surface area contributed by atoms with Crippen LogP contribution < -0.4 is 0 Å². The third-order valence-electron chi connectivity index (χ3n) is 8.21. The van der Waals surface area contributed by atoms with Crippen LogP contribution in [0.15, 0.2) is 12.2 Å². The van der Waals surface area contributed by atoms with E-state index in [-0.39, 0.29) is 0 Å². The predicted molar refractivity (Wildman–Crippen MR) is 95.6 cm³/mol. The normalized spacial score (nSPS) is 54.8. The van der Waals surface area contributed by atoms with Crippen LogP contribution in [0.1, 0.15) is 52.9 Å². The molecule has 2 saturated heterocycles. The van der Waals surface area contributed by atoms with Crippen molar-refractivity contribution >= 4 is 0 Å². The maximum absolute atomic E-state index is 6.59. The van der Waals surface area contributed by atoms with Gasteiger partial charge in [-0.05, 0) is 67.1 Å². The summed E-state index contributed by atoms with van der Waals surface area (Å²) in [6, 6.07) is 0. The van der Waals surface area contributed by atoms with Gasteiger partial charge in [0, 0.05) is 5.92 Å². The van der Waals surface area contributed by atoms with Crippen molar-refractivity contribution in [2.75, 3.05) is 6.61 Å². The largest absolute Gasteiger partial charge is 0.378 e. The van der Waals surface area contributed by atoms with Gasteiger partial charge in [-0.2, -0.15) is 0 Å². The van der Waals surface area contributed by atoms with E-state index >= 15 is 0 Å². The van der Waals surface area contributed by atoms with Crippen LogP contribution in [0.5, 0.6) is 0 Å². The molecule has 0 aromatic carbocycles. The van der Waals surface area contributed by atoms with Gasteiger partial charge in [-0.25, -0.2) is 0 Å². The van der Waals surface area contributed by atoms with Crippen molar-refractivity contribution in [2.24, 2.45) is 47.3 Å². The van der Waals surface area contributed by atoms with Gasteiger partial charge in [0.2, 0.25) is 0 Å². The standard InChI is InChI=1S/C22H34O2/c1-12(2)17-7-4-13(3)8-18(17)23-11-16-10-19-20-14-5-6-15(9-14)21(20)22(16)24-19/h5-6,12-22H,4,7-11H2,1-3H3. The molecule has 2 aliphatic heterocycles. The minimum absolute atomic E-state index is 0.489. The quantitative estimate of drug-likeness (QED) is 0.696. The third-order valence-corrected chi connectivity index (χ3v) is 8.21. The van der Waals surface area contributed by atoms with Crippen LogP contribution >= 0.6 is 0 Å². The third kappa shape index (κ3) is 2.35. The minimum Gasteiger partial charge on any atom is -0.378 e. The summed E-state index contributed by atoms with van der Waals surface area (Å²) in [6.07, 6.45) is 13.2. The van der Waals surface area contributed by atoms with E-state index in [1.165, 1.54) is 32.1 Å². The summed E-state index contributed by atoms with van der Waals surface area (Å²) in [5, 5.41) is 0. The molecular weight excluding hydrogens is 296 g/mol. The maximum Gasteiger partial charge on any atom is 0.0667 e. The Kier molecular flexibility index (Phi) is 3.87. The van der Waals surface area contributed by atoms with Gasteiger partial charge < -0.3 is 9.47 Å². The van der Waals surface area contributed by atoms with Crippen molar-refractivity contribution in [1.82, 2.24) is 0 Å². The van der Waals surface area contributed by atoms with E-state index in [0.717, 1.165) is 48.0 Å². The lowest BCUT2D eigenvalue weighted by Gasteiger charge is -2.39. The van der Waals surface area contributed by atoms with E-state index in [4.69, 9.17) is 9.47 Å². The first kappa shape index (κ1) is 15.9. The van der Waals surface area contributed by atoms with E-state index in [9.17, 15) is 0 Å². The average molecular weight is 331 g/mol. The van der Waals surface area contributed by atoms with Gasteiger partial charge in [0.15, 0.2) is 0 Å². The summed E-state index contributed by atoms with van der Waals surface area (Å²) >= 11 is 0. The zero-order chi connectivity index (χ0) is 16.4. The van der Waals surface area contributed by atoms with Crippen LogP contribution in [0.25, 0.3) is 0 Å². The zero-order valence-electron chi connectivity index (χ0n) is 15.6. The molecule has 3 aliphatic carbocycles. The number of allylic oxidation sites excluding steroid dienone is 2. The lowest BCUT2D eigenvalue weighted by atomic mass is 9.69. The molecular formula is C22H34O2. The highest BCUT2D eigenvalue weighted by Gasteiger charge is 2.62. The van der Waals surface area contributed by atoms with E-state index < -0.39 is 0 Å². The van der Waals surface area contributed by atoms with Gasteiger partial charge in [0.05, 0.1) is 24.9 Å². The lowest BCUT2D eigenvalue weighted by molar-refractivity contribution is -0.0634. The number of rotatable bonds is 4. The van der Waals surface area contributed by atoms with Crippen molar-refractivity contribution in [2.45, 2.75) is 71.2 Å². The fraction of sp³-hybridized carbons (Fsp3) is 0.909. The fourth-order valence-corrected chi connectivity index (χ4v) is 7.06. The molecule has 4 bridgehead atoms. The predicted octanol–water partition coefficient (Wildman–Crippen LogP) is 4.69. The smallest absolute Gasteiger partial charge is 0.0667 e. The molecule has 2 heteroatoms. The molecule has 0 aromatic heterocycles. The van der Waals surface area contributed by atoms with E-state index in [1.807, 2.05) is 0 Å². The Hall–Kier alpha value is -0.340. The first-order valence-corrected chi connectivity index (χ1v) is 10.6. The highest BCUT2D eigenvalue weighted by molar-refractivity contribution is 5.21. The molecule has 5 aliphatic rings. The molecule has 10 unspecified atom stereocenters. The number of fused-ring (bicyclic) bond motifs is 9.